The Bertz CT molecular complexity index is 729. The van der Waals surface area contributed by atoms with E-state index >= 15 is 0 Å². The van der Waals surface area contributed by atoms with Gasteiger partial charge in [0.2, 0.25) is 0 Å². The molecule has 0 aliphatic carbocycles. The minimum absolute atomic E-state index is 0.181. The summed E-state index contributed by atoms with van der Waals surface area (Å²) in [5.41, 5.74) is 1.11. The van der Waals surface area contributed by atoms with Crippen LogP contribution in [0.25, 0.3) is 0 Å². The van der Waals surface area contributed by atoms with Gasteiger partial charge in [-0.1, -0.05) is 28.9 Å². The molecule has 21 heavy (non-hydrogen) atoms. The number of benzene rings is 1. The van der Waals surface area contributed by atoms with Crippen molar-refractivity contribution in [3.63, 3.8) is 0 Å². The number of hydrogen-bond donors (Lipinski definition) is 0. The Morgan fingerprint density at radius 3 is 2.67 bits per heavy atom. The SMILES string of the molecule is CO/N=C(/Cn1ncc(Br)c(Br)c1=O)c1ccc(Cl)cc1. The van der Waals surface area contributed by atoms with Gasteiger partial charge in [0.15, 0.2) is 0 Å². The monoisotopic (exact) mass is 433 g/mol. The van der Waals surface area contributed by atoms with Gasteiger partial charge in [0.25, 0.3) is 5.56 Å². The fraction of sp³-hybridized carbons (Fsp3) is 0.154. The summed E-state index contributed by atoms with van der Waals surface area (Å²) in [5.74, 6) is 0. The van der Waals surface area contributed by atoms with Crippen molar-refractivity contribution >= 4 is 49.2 Å². The molecule has 0 N–H and O–H groups in total. The summed E-state index contributed by atoms with van der Waals surface area (Å²) in [6.45, 7) is 0.181. The molecule has 5 nitrogen and oxygen atoms in total. The molecule has 8 heteroatoms. The van der Waals surface area contributed by atoms with Crippen LogP contribution in [0, 0.1) is 0 Å². The molecule has 0 unspecified atom stereocenters. The van der Waals surface area contributed by atoms with E-state index in [1.807, 2.05) is 0 Å². The summed E-state index contributed by atoms with van der Waals surface area (Å²) in [7, 11) is 1.45. The van der Waals surface area contributed by atoms with Crippen molar-refractivity contribution in [2.75, 3.05) is 7.11 Å². The molecule has 0 spiro atoms. The van der Waals surface area contributed by atoms with E-state index in [9.17, 15) is 4.79 Å². The lowest BCUT2D eigenvalue weighted by Crippen LogP contribution is -2.27. The fourth-order valence-electron chi connectivity index (χ4n) is 1.62. The Labute approximate surface area is 142 Å². The van der Waals surface area contributed by atoms with Crippen LogP contribution in [0.5, 0.6) is 0 Å². The van der Waals surface area contributed by atoms with E-state index < -0.39 is 0 Å². The first-order chi connectivity index (χ1) is 10.0. The molecule has 0 amide bonds. The van der Waals surface area contributed by atoms with E-state index in [2.05, 4.69) is 42.1 Å². The summed E-state index contributed by atoms with van der Waals surface area (Å²) < 4.78 is 2.30. The molecule has 0 saturated carbocycles. The number of nitrogens with zero attached hydrogens (tertiary/aromatic N) is 3. The highest BCUT2D eigenvalue weighted by atomic mass is 79.9. The predicted molar refractivity (Wildman–Crippen MR) is 88.9 cm³/mol. The van der Waals surface area contributed by atoms with Crippen molar-refractivity contribution in [2.45, 2.75) is 6.54 Å². The van der Waals surface area contributed by atoms with Crippen molar-refractivity contribution in [3.8, 4) is 0 Å². The molecule has 2 aromatic rings. The smallest absolute Gasteiger partial charge is 0.282 e. The first kappa shape index (κ1) is 16.2. The lowest BCUT2D eigenvalue weighted by Gasteiger charge is -2.08. The number of oxime groups is 1. The minimum atomic E-state index is -0.262. The first-order valence-electron chi connectivity index (χ1n) is 5.80. The summed E-state index contributed by atoms with van der Waals surface area (Å²) in [6, 6.07) is 7.10. The van der Waals surface area contributed by atoms with Gasteiger partial charge in [-0.15, -0.1) is 0 Å². The molecule has 1 heterocycles. The molecule has 2 rings (SSSR count). The summed E-state index contributed by atoms with van der Waals surface area (Å²) in [4.78, 5) is 17.0. The Morgan fingerprint density at radius 2 is 2.05 bits per heavy atom. The maximum absolute atomic E-state index is 12.1. The van der Waals surface area contributed by atoms with Gasteiger partial charge in [-0.25, -0.2) is 4.68 Å². The predicted octanol–water partition coefficient (Wildman–Crippen LogP) is 3.47. The molecule has 0 aliphatic rings. The third-order valence-corrected chi connectivity index (χ3v) is 4.77. The Kier molecular flexibility index (Phi) is 5.55. The lowest BCUT2D eigenvalue weighted by atomic mass is 10.1. The Hall–Kier alpha value is -1.18. The van der Waals surface area contributed by atoms with Crippen molar-refractivity contribution < 1.29 is 4.84 Å². The van der Waals surface area contributed by atoms with E-state index in [4.69, 9.17) is 16.4 Å². The van der Waals surface area contributed by atoms with Crippen LogP contribution in [0.1, 0.15) is 5.56 Å². The maximum Gasteiger partial charge on any atom is 0.282 e. The van der Waals surface area contributed by atoms with Gasteiger partial charge in [0, 0.05) is 10.6 Å². The molecule has 0 radical (unpaired) electrons. The average molecular weight is 436 g/mol. The van der Waals surface area contributed by atoms with Gasteiger partial charge in [-0.3, -0.25) is 4.79 Å². The van der Waals surface area contributed by atoms with Crippen LogP contribution in [-0.4, -0.2) is 22.6 Å². The van der Waals surface area contributed by atoms with Gasteiger partial charge in [0.1, 0.15) is 17.3 Å². The van der Waals surface area contributed by atoms with Crippen molar-refractivity contribution in [3.05, 3.63) is 60.3 Å². The third-order valence-electron chi connectivity index (χ3n) is 2.62. The second-order valence-electron chi connectivity index (χ2n) is 4.00. The maximum atomic E-state index is 12.1. The number of hydrogen-bond acceptors (Lipinski definition) is 4. The van der Waals surface area contributed by atoms with Crippen LogP contribution in [0.2, 0.25) is 5.02 Å². The highest BCUT2D eigenvalue weighted by molar-refractivity contribution is 9.13. The Balaban J connectivity index is 2.38. The average Bonchev–Trinajstić information content (AvgIpc) is 2.48. The van der Waals surface area contributed by atoms with Crippen LogP contribution in [0.3, 0.4) is 0 Å². The Morgan fingerprint density at radius 1 is 1.38 bits per heavy atom. The van der Waals surface area contributed by atoms with Crippen LogP contribution in [-0.2, 0) is 11.4 Å². The lowest BCUT2D eigenvalue weighted by molar-refractivity contribution is 0.212. The van der Waals surface area contributed by atoms with E-state index in [1.165, 1.54) is 18.0 Å². The number of aromatic nitrogens is 2. The van der Waals surface area contributed by atoms with Crippen molar-refractivity contribution in [1.29, 1.82) is 0 Å². The standard InChI is InChI=1S/C13H10Br2ClN3O2/c1-21-18-11(8-2-4-9(16)5-3-8)7-19-13(20)12(15)10(14)6-17-19/h2-6H,7H2,1H3/b18-11-. The largest absolute Gasteiger partial charge is 0.399 e. The number of halogens is 3. The van der Waals surface area contributed by atoms with Crippen LogP contribution < -0.4 is 5.56 Å². The van der Waals surface area contributed by atoms with Gasteiger partial charge in [-0.05, 0) is 44.0 Å². The second kappa shape index (κ2) is 7.20. The molecular weight excluding hydrogens is 425 g/mol. The summed E-state index contributed by atoms with van der Waals surface area (Å²) in [6.07, 6.45) is 1.54. The topological polar surface area (TPSA) is 56.5 Å². The molecule has 0 fully saturated rings. The minimum Gasteiger partial charge on any atom is -0.399 e. The first-order valence-corrected chi connectivity index (χ1v) is 7.76. The zero-order chi connectivity index (χ0) is 15.4. The third kappa shape index (κ3) is 3.93. The van der Waals surface area contributed by atoms with Gasteiger partial charge >= 0.3 is 0 Å². The molecule has 1 aromatic heterocycles. The van der Waals surface area contributed by atoms with Gasteiger partial charge < -0.3 is 4.84 Å². The molecular formula is C13H10Br2ClN3O2. The summed E-state index contributed by atoms with van der Waals surface area (Å²) in [5, 5.41) is 8.65. The van der Waals surface area contributed by atoms with E-state index in [1.54, 1.807) is 24.3 Å². The van der Waals surface area contributed by atoms with E-state index in [0.717, 1.165) is 5.56 Å². The van der Waals surface area contributed by atoms with Crippen molar-refractivity contribution in [1.82, 2.24) is 9.78 Å². The fourth-order valence-corrected chi connectivity index (χ4v) is 2.32. The van der Waals surface area contributed by atoms with Crippen LogP contribution in [0.15, 0.2) is 49.4 Å². The molecule has 0 atom stereocenters. The zero-order valence-electron chi connectivity index (χ0n) is 10.9. The highest BCUT2D eigenvalue weighted by Gasteiger charge is 2.11. The highest BCUT2D eigenvalue weighted by Crippen LogP contribution is 2.17. The molecule has 110 valence electrons. The van der Waals surface area contributed by atoms with E-state index in [0.29, 0.717) is 19.7 Å². The molecule has 0 aliphatic heterocycles. The van der Waals surface area contributed by atoms with Crippen LogP contribution in [0.4, 0.5) is 0 Å². The van der Waals surface area contributed by atoms with Crippen molar-refractivity contribution in [2.24, 2.45) is 5.16 Å². The second-order valence-corrected chi connectivity index (χ2v) is 6.08. The molecule has 1 aromatic carbocycles. The quantitative estimate of drug-likeness (QED) is 0.546. The number of rotatable bonds is 4. The van der Waals surface area contributed by atoms with E-state index in [-0.39, 0.29) is 12.1 Å². The summed E-state index contributed by atoms with van der Waals surface area (Å²) >= 11 is 12.3. The zero-order valence-corrected chi connectivity index (χ0v) is 14.8. The molecule has 0 bridgehead atoms. The normalized spacial score (nSPS) is 11.5. The van der Waals surface area contributed by atoms with Gasteiger partial charge in [0.05, 0.1) is 17.2 Å². The molecule has 0 saturated heterocycles. The van der Waals surface area contributed by atoms with Crippen LogP contribution >= 0.6 is 43.5 Å². The van der Waals surface area contributed by atoms with Gasteiger partial charge in [-0.2, -0.15) is 5.10 Å².